The van der Waals surface area contributed by atoms with Gasteiger partial charge in [0.05, 0.1) is 41.7 Å². The van der Waals surface area contributed by atoms with E-state index in [0.29, 0.717) is 33.6 Å². The smallest absolute Gasteiger partial charge is 0.257 e. The quantitative estimate of drug-likeness (QED) is 0.347. The first kappa shape index (κ1) is 21.7. The number of rotatable bonds is 6. The summed E-state index contributed by atoms with van der Waals surface area (Å²) in [5.41, 5.74) is 3.33. The molecule has 0 unspecified atom stereocenters. The molecule has 0 aliphatic heterocycles. The van der Waals surface area contributed by atoms with Gasteiger partial charge in [-0.25, -0.2) is 4.98 Å². The van der Waals surface area contributed by atoms with Crippen LogP contribution in [0.1, 0.15) is 10.4 Å². The van der Waals surface area contributed by atoms with Gasteiger partial charge in [-0.05, 0) is 35.9 Å². The summed E-state index contributed by atoms with van der Waals surface area (Å²) in [6.45, 7) is 0. The Kier molecular flexibility index (Phi) is 6.35. The second-order valence-corrected chi connectivity index (χ2v) is 7.61. The van der Waals surface area contributed by atoms with E-state index in [4.69, 9.17) is 32.7 Å². The molecule has 32 heavy (non-hydrogen) atoms. The molecular formula is C24H19Cl2N3O3. The van der Waals surface area contributed by atoms with Gasteiger partial charge in [0.1, 0.15) is 5.82 Å². The van der Waals surface area contributed by atoms with Gasteiger partial charge in [-0.3, -0.25) is 4.79 Å². The van der Waals surface area contributed by atoms with Crippen LogP contribution in [0.15, 0.2) is 66.9 Å². The minimum Gasteiger partial charge on any atom is -0.493 e. The van der Waals surface area contributed by atoms with Crippen LogP contribution in [0.25, 0.3) is 22.6 Å². The highest BCUT2D eigenvalue weighted by atomic mass is 35.5. The molecule has 0 atom stereocenters. The lowest BCUT2D eigenvalue weighted by Crippen LogP contribution is -2.13. The number of imidazole rings is 1. The van der Waals surface area contributed by atoms with Crippen molar-refractivity contribution in [1.82, 2.24) is 9.97 Å². The lowest BCUT2D eigenvalue weighted by Gasteiger charge is -2.13. The molecule has 1 aromatic heterocycles. The first-order valence-electron chi connectivity index (χ1n) is 9.64. The van der Waals surface area contributed by atoms with Crippen LogP contribution in [0.2, 0.25) is 10.0 Å². The molecule has 0 saturated carbocycles. The van der Waals surface area contributed by atoms with Gasteiger partial charge in [-0.1, -0.05) is 53.5 Å². The molecule has 3 aromatic carbocycles. The Balaban J connectivity index is 1.62. The number of amides is 1. The van der Waals surface area contributed by atoms with Crippen molar-refractivity contribution >= 4 is 34.8 Å². The molecule has 6 nitrogen and oxygen atoms in total. The van der Waals surface area contributed by atoms with Crippen molar-refractivity contribution in [1.29, 1.82) is 0 Å². The molecule has 8 heteroatoms. The maximum Gasteiger partial charge on any atom is 0.257 e. The number of methoxy groups -OCH3 is 2. The zero-order valence-corrected chi connectivity index (χ0v) is 18.8. The van der Waals surface area contributed by atoms with Gasteiger partial charge < -0.3 is 19.8 Å². The van der Waals surface area contributed by atoms with E-state index in [2.05, 4.69) is 15.3 Å². The normalized spacial score (nSPS) is 10.6. The van der Waals surface area contributed by atoms with Crippen molar-refractivity contribution in [2.45, 2.75) is 0 Å². The molecule has 2 N–H and O–H groups in total. The lowest BCUT2D eigenvalue weighted by molar-refractivity contribution is 0.102. The molecule has 0 spiro atoms. The van der Waals surface area contributed by atoms with Crippen LogP contribution in [0, 0.1) is 0 Å². The third-order valence-electron chi connectivity index (χ3n) is 4.87. The minimum atomic E-state index is -0.395. The van der Waals surface area contributed by atoms with Crippen LogP contribution in [0.4, 0.5) is 5.69 Å². The molecule has 1 heterocycles. The molecule has 0 bridgehead atoms. The summed E-state index contributed by atoms with van der Waals surface area (Å²) in [5.74, 6) is 0.931. The standard InChI is InChI=1S/C24H19Cl2N3O3/c1-31-20-11-9-16(21(26)22(20)32-2)24(30)28-15-8-10-18(25)17(12-15)23-27-13-19(29-23)14-6-4-3-5-7-14/h3-13H,1-2H3,(H,27,29)(H,28,30). The van der Waals surface area contributed by atoms with Gasteiger partial charge in [-0.15, -0.1) is 0 Å². The summed E-state index contributed by atoms with van der Waals surface area (Å²) < 4.78 is 10.5. The van der Waals surface area contributed by atoms with E-state index in [0.717, 1.165) is 11.3 Å². The maximum absolute atomic E-state index is 12.9. The van der Waals surface area contributed by atoms with Crippen LogP contribution in [0.5, 0.6) is 11.5 Å². The highest BCUT2D eigenvalue weighted by Gasteiger charge is 2.19. The largest absolute Gasteiger partial charge is 0.493 e. The van der Waals surface area contributed by atoms with Crippen LogP contribution in [-0.4, -0.2) is 30.1 Å². The van der Waals surface area contributed by atoms with Gasteiger partial charge in [0.15, 0.2) is 11.5 Å². The molecule has 4 aromatic rings. The molecule has 4 rings (SSSR count). The molecule has 0 fully saturated rings. The van der Waals surface area contributed by atoms with E-state index in [9.17, 15) is 4.79 Å². The fourth-order valence-corrected chi connectivity index (χ4v) is 3.80. The lowest BCUT2D eigenvalue weighted by atomic mass is 10.1. The molecule has 0 aliphatic carbocycles. The zero-order chi connectivity index (χ0) is 22.7. The van der Waals surface area contributed by atoms with Crippen LogP contribution in [0.3, 0.4) is 0 Å². The summed E-state index contributed by atoms with van der Waals surface area (Å²) in [6, 6.07) is 18.2. The van der Waals surface area contributed by atoms with E-state index >= 15 is 0 Å². The van der Waals surface area contributed by atoms with Crippen molar-refractivity contribution in [3.05, 3.63) is 82.5 Å². The van der Waals surface area contributed by atoms with Crippen molar-refractivity contribution in [3.63, 3.8) is 0 Å². The fourth-order valence-electron chi connectivity index (χ4n) is 3.27. The van der Waals surface area contributed by atoms with Crippen molar-refractivity contribution in [3.8, 4) is 34.1 Å². The van der Waals surface area contributed by atoms with Crippen molar-refractivity contribution in [2.24, 2.45) is 0 Å². The maximum atomic E-state index is 12.9. The van der Waals surface area contributed by atoms with Crippen LogP contribution in [-0.2, 0) is 0 Å². The number of halogens is 2. The number of nitrogens with one attached hydrogen (secondary N) is 2. The number of H-pyrrole nitrogens is 1. The molecule has 0 saturated heterocycles. The summed E-state index contributed by atoms with van der Waals surface area (Å²) in [6.07, 6.45) is 1.75. The predicted octanol–water partition coefficient (Wildman–Crippen LogP) is 6.32. The number of benzene rings is 3. The van der Waals surface area contributed by atoms with E-state index in [-0.39, 0.29) is 10.6 Å². The van der Waals surface area contributed by atoms with Gasteiger partial charge in [0.2, 0.25) is 0 Å². The van der Waals surface area contributed by atoms with E-state index in [1.807, 2.05) is 30.3 Å². The molecule has 1 amide bonds. The number of hydrogen-bond donors (Lipinski definition) is 2. The predicted molar refractivity (Wildman–Crippen MR) is 127 cm³/mol. The number of carbonyl (C=O) groups is 1. The number of hydrogen-bond acceptors (Lipinski definition) is 4. The first-order chi connectivity index (χ1) is 15.5. The first-order valence-corrected chi connectivity index (χ1v) is 10.4. The Morgan fingerprint density at radius 1 is 1.00 bits per heavy atom. The third-order valence-corrected chi connectivity index (χ3v) is 5.57. The SMILES string of the molecule is COc1ccc(C(=O)Nc2ccc(Cl)c(-c3ncc(-c4ccccc4)[nH]3)c2)c(Cl)c1OC. The van der Waals surface area contributed by atoms with Crippen molar-refractivity contribution < 1.29 is 14.3 Å². The topological polar surface area (TPSA) is 76.2 Å². The summed E-state index contributed by atoms with van der Waals surface area (Å²) in [7, 11) is 2.96. The van der Waals surface area contributed by atoms with E-state index in [1.54, 1.807) is 36.5 Å². The summed E-state index contributed by atoms with van der Waals surface area (Å²) >= 11 is 12.8. The average Bonchev–Trinajstić information content (AvgIpc) is 3.30. The highest BCUT2D eigenvalue weighted by molar-refractivity contribution is 6.36. The minimum absolute atomic E-state index is 0.164. The molecular weight excluding hydrogens is 449 g/mol. The number of anilines is 1. The second-order valence-electron chi connectivity index (χ2n) is 6.82. The van der Waals surface area contributed by atoms with Crippen LogP contribution < -0.4 is 14.8 Å². The average molecular weight is 468 g/mol. The number of nitrogens with zero attached hydrogens (tertiary/aromatic N) is 1. The summed E-state index contributed by atoms with van der Waals surface area (Å²) in [5, 5.41) is 3.51. The Morgan fingerprint density at radius 2 is 1.78 bits per heavy atom. The monoisotopic (exact) mass is 467 g/mol. The van der Waals surface area contributed by atoms with Gasteiger partial charge in [0.25, 0.3) is 5.91 Å². The Hall–Kier alpha value is -3.48. The van der Waals surface area contributed by atoms with E-state index < -0.39 is 5.91 Å². The number of aromatic amines is 1. The number of ether oxygens (including phenoxy) is 2. The van der Waals surface area contributed by atoms with E-state index in [1.165, 1.54) is 14.2 Å². The fraction of sp³-hybridized carbons (Fsp3) is 0.0833. The number of aromatic nitrogens is 2. The third kappa shape index (κ3) is 4.28. The Bertz CT molecular complexity index is 1270. The molecule has 162 valence electrons. The van der Waals surface area contributed by atoms with Gasteiger partial charge >= 0.3 is 0 Å². The highest BCUT2D eigenvalue weighted by Crippen LogP contribution is 2.38. The number of carbonyl (C=O) groups excluding carboxylic acids is 1. The Morgan fingerprint density at radius 3 is 2.50 bits per heavy atom. The summed E-state index contributed by atoms with van der Waals surface area (Å²) in [4.78, 5) is 20.6. The molecule has 0 aliphatic rings. The van der Waals surface area contributed by atoms with Gasteiger partial charge in [-0.2, -0.15) is 0 Å². The van der Waals surface area contributed by atoms with Crippen molar-refractivity contribution in [2.75, 3.05) is 19.5 Å². The second kappa shape index (κ2) is 9.34. The van der Waals surface area contributed by atoms with Crippen LogP contribution >= 0.6 is 23.2 Å². The van der Waals surface area contributed by atoms with Gasteiger partial charge in [0, 0.05) is 11.3 Å². The molecule has 0 radical (unpaired) electrons. The zero-order valence-electron chi connectivity index (χ0n) is 17.3. The Labute approximate surface area is 195 Å².